The van der Waals surface area contributed by atoms with Crippen LogP contribution in [0.1, 0.15) is 22.3 Å². The van der Waals surface area contributed by atoms with E-state index in [1.807, 2.05) is 55.6 Å². The molecule has 1 amide bonds. The lowest BCUT2D eigenvalue weighted by molar-refractivity contribution is -0.111. The van der Waals surface area contributed by atoms with Crippen LogP contribution in [0.25, 0.3) is 44.5 Å². The predicted octanol–water partition coefficient (Wildman–Crippen LogP) is 6.07. The molecule has 0 aliphatic carbocycles. The van der Waals surface area contributed by atoms with E-state index in [1.54, 1.807) is 4.68 Å². The molecule has 0 unspecified atom stereocenters. The number of amides is 1. The van der Waals surface area contributed by atoms with Gasteiger partial charge >= 0.3 is 0 Å². The molecule has 0 spiro atoms. The number of benzene rings is 1. The zero-order valence-electron chi connectivity index (χ0n) is 20.9. The average molecular weight is 484 g/mol. The van der Waals surface area contributed by atoms with E-state index in [9.17, 15) is 4.79 Å². The maximum Gasteiger partial charge on any atom is 0.247 e. The number of pyridine rings is 1. The van der Waals surface area contributed by atoms with Crippen molar-refractivity contribution in [2.24, 2.45) is 13.0 Å². The molecule has 8 heteroatoms. The third kappa shape index (κ3) is 4.45. The summed E-state index contributed by atoms with van der Waals surface area (Å²) in [6, 6.07) is 8.21. The van der Waals surface area contributed by atoms with Crippen LogP contribution >= 0.6 is 0 Å². The maximum absolute atomic E-state index is 12.0. The fraction of sp³-hybridized carbons (Fsp3) is 0.214. The molecule has 1 aromatic carbocycles. The van der Waals surface area contributed by atoms with E-state index in [0.29, 0.717) is 5.92 Å². The number of hydrogen-bond acceptors (Lipinski definition) is 4. The van der Waals surface area contributed by atoms with E-state index < -0.39 is 0 Å². The fourth-order valence-corrected chi connectivity index (χ4v) is 4.38. The molecule has 2 N–H and O–H groups in total. The molecule has 0 aliphatic rings. The fourth-order valence-electron chi connectivity index (χ4n) is 4.38. The SMILES string of the molecule is C=CC(=O)Nc1cc(-c2c(-c3cnn(C)c3)[nH]c3ncc(-c4cnn(CC(C)C)c4)cc23)ccc1C.[HH].[HH]. The van der Waals surface area contributed by atoms with Crippen LogP contribution in [0.15, 0.2) is 67.9 Å². The monoisotopic (exact) mass is 483 g/mol. The van der Waals surface area contributed by atoms with Crippen LogP contribution in [0.2, 0.25) is 0 Å². The van der Waals surface area contributed by atoms with E-state index >= 15 is 0 Å². The van der Waals surface area contributed by atoms with E-state index in [1.165, 1.54) is 6.08 Å². The second-order valence-electron chi connectivity index (χ2n) is 9.47. The summed E-state index contributed by atoms with van der Waals surface area (Å²) in [5.74, 6) is 0.262. The molecule has 0 aliphatic heterocycles. The lowest BCUT2D eigenvalue weighted by atomic mass is 9.97. The van der Waals surface area contributed by atoms with Crippen LogP contribution < -0.4 is 5.32 Å². The van der Waals surface area contributed by atoms with E-state index in [2.05, 4.69) is 59.3 Å². The van der Waals surface area contributed by atoms with Crippen molar-refractivity contribution in [2.45, 2.75) is 27.3 Å². The van der Waals surface area contributed by atoms with Crippen molar-refractivity contribution in [3.05, 3.63) is 73.5 Å². The van der Waals surface area contributed by atoms with Gasteiger partial charge in [0, 0.05) is 68.4 Å². The molecule has 0 radical (unpaired) electrons. The van der Waals surface area contributed by atoms with Gasteiger partial charge in [-0.15, -0.1) is 0 Å². The van der Waals surface area contributed by atoms with Gasteiger partial charge in [0.15, 0.2) is 0 Å². The van der Waals surface area contributed by atoms with Gasteiger partial charge in [-0.25, -0.2) is 4.98 Å². The highest BCUT2D eigenvalue weighted by molar-refractivity contribution is 6.05. The Morgan fingerprint density at radius 1 is 1.11 bits per heavy atom. The zero-order chi connectivity index (χ0) is 25.4. The summed E-state index contributed by atoms with van der Waals surface area (Å²) in [5.41, 5.74) is 8.31. The third-order valence-corrected chi connectivity index (χ3v) is 6.13. The predicted molar refractivity (Wildman–Crippen MR) is 148 cm³/mol. The van der Waals surface area contributed by atoms with E-state index in [0.717, 1.165) is 62.3 Å². The van der Waals surface area contributed by atoms with Gasteiger partial charge in [0.1, 0.15) is 5.65 Å². The van der Waals surface area contributed by atoms with Crippen LogP contribution in [0, 0.1) is 12.8 Å². The minimum atomic E-state index is -0.246. The number of nitrogens with one attached hydrogen (secondary N) is 2. The number of aromatic amines is 1. The molecule has 5 rings (SSSR count). The molecule has 0 fully saturated rings. The normalized spacial score (nSPS) is 11.4. The number of carbonyl (C=O) groups is 1. The van der Waals surface area contributed by atoms with Gasteiger partial charge in [-0.3, -0.25) is 14.2 Å². The number of aromatic nitrogens is 6. The molecule has 4 heterocycles. The number of H-pyrrole nitrogens is 1. The smallest absolute Gasteiger partial charge is 0.247 e. The summed E-state index contributed by atoms with van der Waals surface area (Å²) in [7, 11) is 1.89. The quantitative estimate of drug-likeness (QED) is 0.275. The third-order valence-electron chi connectivity index (χ3n) is 6.13. The van der Waals surface area contributed by atoms with Crippen molar-refractivity contribution in [1.82, 2.24) is 29.5 Å². The summed E-state index contributed by atoms with van der Waals surface area (Å²) >= 11 is 0. The molecule has 5 aromatic rings. The van der Waals surface area contributed by atoms with Gasteiger partial charge < -0.3 is 10.3 Å². The lowest BCUT2D eigenvalue weighted by Crippen LogP contribution is -2.08. The number of rotatable bonds is 7. The molecule has 0 saturated carbocycles. The number of carbonyl (C=O) groups excluding carboxylic acids is 1. The van der Waals surface area contributed by atoms with Gasteiger partial charge in [-0.2, -0.15) is 10.2 Å². The molecule has 186 valence electrons. The molecule has 0 saturated heterocycles. The van der Waals surface area contributed by atoms with Crippen molar-refractivity contribution in [3.8, 4) is 33.5 Å². The number of hydrogen-bond donors (Lipinski definition) is 2. The lowest BCUT2D eigenvalue weighted by Gasteiger charge is -2.11. The minimum absolute atomic E-state index is 0. The number of anilines is 1. The Kier molecular flexibility index (Phi) is 6.01. The van der Waals surface area contributed by atoms with Crippen molar-refractivity contribution in [3.63, 3.8) is 0 Å². The Balaban J connectivity index is 0.00000200. The van der Waals surface area contributed by atoms with Gasteiger partial charge in [-0.1, -0.05) is 32.6 Å². The van der Waals surface area contributed by atoms with Gasteiger partial charge in [-0.05, 0) is 42.2 Å². The highest BCUT2D eigenvalue weighted by atomic mass is 16.1. The van der Waals surface area contributed by atoms with Crippen LogP contribution in [0.4, 0.5) is 5.69 Å². The standard InChI is InChI=1S/C28H29N7O.2H2/c1-6-25(36)32-24-10-19(8-7-18(24)4)26-23-9-20(21-12-31-35(16-21)14-17(2)3)11-29-28(23)33-27(26)22-13-30-34(5)15-22;;/h6-13,15-17H,1,14H2,2-5H3,(H,29,33)(H,32,36);2*1H. The Morgan fingerprint density at radius 2 is 1.92 bits per heavy atom. The molecule has 8 nitrogen and oxygen atoms in total. The first-order chi connectivity index (χ1) is 17.3. The summed E-state index contributed by atoms with van der Waals surface area (Å²) in [6.45, 7) is 10.7. The first-order valence-electron chi connectivity index (χ1n) is 11.9. The Bertz CT molecular complexity index is 1600. The maximum atomic E-state index is 12.0. The first kappa shape index (κ1) is 23.3. The van der Waals surface area contributed by atoms with Crippen molar-refractivity contribution in [2.75, 3.05) is 5.32 Å². The number of fused-ring (bicyclic) bond motifs is 1. The molecular weight excluding hydrogens is 450 g/mol. The van der Waals surface area contributed by atoms with Gasteiger partial charge in [0.25, 0.3) is 0 Å². The van der Waals surface area contributed by atoms with Crippen LogP contribution in [-0.2, 0) is 18.4 Å². The summed E-state index contributed by atoms with van der Waals surface area (Å²) in [4.78, 5) is 20.3. The van der Waals surface area contributed by atoms with E-state index in [-0.39, 0.29) is 8.76 Å². The second-order valence-corrected chi connectivity index (χ2v) is 9.47. The first-order valence-corrected chi connectivity index (χ1v) is 11.9. The van der Waals surface area contributed by atoms with E-state index in [4.69, 9.17) is 4.98 Å². The Morgan fingerprint density at radius 3 is 2.64 bits per heavy atom. The van der Waals surface area contributed by atoms with Crippen molar-refractivity contribution >= 4 is 22.6 Å². The molecular formula is C28H33N7O. The largest absolute Gasteiger partial charge is 0.339 e. The van der Waals surface area contributed by atoms with Gasteiger partial charge in [0.05, 0.1) is 18.1 Å². The molecule has 36 heavy (non-hydrogen) atoms. The summed E-state index contributed by atoms with van der Waals surface area (Å²) in [6.07, 6.45) is 10.9. The Hall–Kier alpha value is -4.46. The zero-order valence-corrected chi connectivity index (χ0v) is 20.9. The van der Waals surface area contributed by atoms with Crippen LogP contribution in [0.3, 0.4) is 0 Å². The highest BCUT2D eigenvalue weighted by Crippen LogP contribution is 2.40. The molecule has 4 aromatic heterocycles. The molecule has 0 atom stereocenters. The van der Waals surface area contributed by atoms with Crippen LogP contribution in [-0.4, -0.2) is 35.4 Å². The van der Waals surface area contributed by atoms with Crippen molar-refractivity contribution in [1.29, 1.82) is 0 Å². The summed E-state index contributed by atoms with van der Waals surface area (Å²) in [5, 5.41) is 12.8. The Labute approximate surface area is 212 Å². The van der Waals surface area contributed by atoms with Crippen LogP contribution in [0.5, 0.6) is 0 Å². The van der Waals surface area contributed by atoms with Crippen molar-refractivity contribution < 1.29 is 7.65 Å². The minimum Gasteiger partial charge on any atom is -0.339 e. The average Bonchev–Trinajstić information content (AvgIpc) is 3.58. The number of aryl methyl sites for hydroxylation is 2. The summed E-state index contributed by atoms with van der Waals surface area (Å²) < 4.78 is 3.75. The highest BCUT2D eigenvalue weighted by Gasteiger charge is 2.19. The second kappa shape index (κ2) is 9.30. The number of nitrogens with zero attached hydrogens (tertiary/aromatic N) is 5. The molecule has 0 bridgehead atoms. The van der Waals surface area contributed by atoms with Gasteiger partial charge in [0.2, 0.25) is 5.91 Å². The topological polar surface area (TPSA) is 93.4 Å².